The van der Waals surface area contributed by atoms with Crippen LogP contribution in [0.15, 0.2) is 60.8 Å². The molecule has 1 fully saturated rings. The van der Waals surface area contributed by atoms with Crippen molar-refractivity contribution < 1.29 is 14.6 Å². The maximum atomic E-state index is 12.7. The lowest BCUT2D eigenvalue weighted by Gasteiger charge is -2.47. The highest BCUT2D eigenvalue weighted by atomic mass is 35.5. The molecule has 0 amide bonds. The first-order valence-electron chi connectivity index (χ1n) is 14.3. The van der Waals surface area contributed by atoms with E-state index in [2.05, 4.69) is 41.5 Å². The minimum absolute atomic E-state index is 0.00225. The van der Waals surface area contributed by atoms with Crippen molar-refractivity contribution in [2.45, 2.75) is 75.7 Å². The summed E-state index contributed by atoms with van der Waals surface area (Å²) in [6, 6.07) is 18.2. The van der Waals surface area contributed by atoms with Crippen LogP contribution in [0.5, 0.6) is 5.75 Å². The van der Waals surface area contributed by atoms with Gasteiger partial charge in [-0.2, -0.15) is 0 Å². The van der Waals surface area contributed by atoms with Crippen LogP contribution in [0.1, 0.15) is 67.8 Å². The van der Waals surface area contributed by atoms with Gasteiger partial charge < -0.3 is 15.2 Å². The van der Waals surface area contributed by atoms with E-state index in [1.54, 1.807) is 0 Å². The van der Waals surface area contributed by atoms with Gasteiger partial charge in [0.05, 0.1) is 6.61 Å². The first-order chi connectivity index (χ1) is 18.9. The van der Waals surface area contributed by atoms with E-state index < -0.39 is 11.5 Å². The Morgan fingerprint density at radius 1 is 1.13 bits per heavy atom. The molecule has 1 spiro atoms. The molecule has 5 nitrogen and oxygen atoms in total. The van der Waals surface area contributed by atoms with Gasteiger partial charge in [-0.15, -0.1) is 0 Å². The van der Waals surface area contributed by atoms with Crippen molar-refractivity contribution in [2.24, 2.45) is 11.8 Å². The second-order valence-electron chi connectivity index (χ2n) is 12.0. The summed E-state index contributed by atoms with van der Waals surface area (Å²) < 4.78 is 6.38. The third kappa shape index (κ3) is 4.91. The first kappa shape index (κ1) is 26.2. The van der Waals surface area contributed by atoms with E-state index >= 15 is 0 Å². The maximum absolute atomic E-state index is 12.7. The fourth-order valence-corrected chi connectivity index (χ4v) is 7.75. The molecular formula is C33H37ClN2O3. The van der Waals surface area contributed by atoms with Gasteiger partial charge in [0.2, 0.25) is 0 Å². The van der Waals surface area contributed by atoms with Crippen LogP contribution in [0.4, 0.5) is 5.69 Å². The topological polar surface area (TPSA) is 71.5 Å². The van der Waals surface area contributed by atoms with Crippen molar-refractivity contribution in [3.05, 3.63) is 88.2 Å². The normalized spacial score (nSPS) is 26.2. The third-order valence-electron chi connectivity index (χ3n) is 9.57. The quantitative estimate of drug-likeness (QED) is 0.312. The molecule has 6 rings (SSSR count). The Hall–Kier alpha value is -3.05. The second-order valence-corrected chi connectivity index (χ2v) is 12.4. The number of halogens is 1. The third-order valence-corrected chi connectivity index (χ3v) is 9.80. The van der Waals surface area contributed by atoms with Crippen LogP contribution in [0.3, 0.4) is 0 Å². The number of ether oxygens (including phenoxy) is 1. The highest BCUT2D eigenvalue weighted by molar-refractivity contribution is 6.30. The number of hydrogen-bond acceptors (Lipinski definition) is 4. The Morgan fingerprint density at radius 3 is 2.74 bits per heavy atom. The standard InChI is InChI=1S/C33H37ClN2O3/c1-22(21-39-30-12-17-35-29-11-5-9-27(29)30)18-24-19-23-6-2-3-10-28(23)32(24)13-15-33(16-14-32,31(37)38)36-26-8-4-7-25(34)20-26/h2-4,6-8,10,12,17,20,22,24,36H,5,9,11,13-16,18-19,21H2,1H3,(H,37,38)/t22-,24+,32?,33?/m1/s1. The molecular weight excluding hydrogens is 508 g/mol. The van der Waals surface area contributed by atoms with Crippen molar-refractivity contribution in [2.75, 3.05) is 11.9 Å². The summed E-state index contributed by atoms with van der Waals surface area (Å²) in [4.78, 5) is 17.2. The first-order valence-corrected chi connectivity index (χ1v) is 14.7. The molecule has 3 aromatic rings. The summed E-state index contributed by atoms with van der Waals surface area (Å²) in [6.07, 6.45) is 10.1. The summed E-state index contributed by atoms with van der Waals surface area (Å²) in [5.41, 5.74) is 5.11. The van der Waals surface area contributed by atoms with Crippen LogP contribution < -0.4 is 10.1 Å². The molecule has 2 atom stereocenters. The van der Waals surface area contributed by atoms with Gasteiger partial charge in [0.15, 0.2) is 0 Å². The van der Waals surface area contributed by atoms with E-state index in [9.17, 15) is 9.90 Å². The molecule has 0 radical (unpaired) electrons. The molecule has 3 aliphatic rings. The zero-order valence-electron chi connectivity index (χ0n) is 22.6. The lowest BCUT2D eigenvalue weighted by Crippen LogP contribution is -2.53. The lowest BCUT2D eigenvalue weighted by atomic mass is 9.59. The number of pyridine rings is 1. The second kappa shape index (κ2) is 10.5. The van der Waals surface area contributed by atoms with Gasteiger partial charge in [-0.05, 0) is 110 Å². The molecule has 6 heteroatoms. The SMILES string of the molecule is C[C@@H](COc1ccnc2c1CCC2)C[C@H]1Cc2ccccc2C12CCC(Nc1cccc(Cl)c1)(C(=O)O)CC2. The smallest absolute Gasteiger partial charge is 0.329 e. The number of aromatic nitrogens is 1. The van der Waals surface area contributed by atoms with Gasteiger partial charge in [-0.1, -0.05) is 48.9 Å². The molecule has 0 aliphatic heterocycles. The van der Waals surface area contributed by atoms with Crippen LogP contribution in [0.25, 0.3) is 0 Å². The molecule has 1 saturated carbocycles. The van der Waals surface area contributed by atoms with E-state index in [0.29, 0.717) is 36.3 Å². The number of aliphatic carboxylic acids is 1. The molecule has 1 aromatic heterocycles. The fraction of sp³-hybridized carbons (Fsp3) is 0.455. The van der Waals surface area contributed by atoms with Crippen LogP contribution in [-0.2, 0) is 29.5 Å². The van der Waals surface area contributed by atoms with E-state index in [1.165, 1.54) is 22.4 Å². The summed E-state index contributed by atoms with van der Waals surface area (Å²) >= 11 is 6.20. The average molecular weight is 545 g/mol. The molecule has 0 saturated heterocycles. The molecule has 0 bridgehead atoms. The average Bonchev–Trinajstić information content (AvgIpc) is 3.52. The largest absolute Gasteiger partial charge is 0.493 e. The summed E-state index contributed by atoms with van der Waals surface area (Å²) in [7, 11) is 0. The summed E-state index contributed by atoms with van der Waals surface area (Å²) in [5, 5.41) is 14.4. The van der Waals surface area contributed by atoms with Crippen LogP contribution in [-0.4, -0.2) is 28.2 Å². The van der Waals surface area contributed by atoms with Gasteiger partial charge >= 0.3 is 5.97 Å². The number of benzene rings is 2. The van der Waals surface area contributed by atoms with Crippen LogP contribution >= 0.6 is 11.6 Å². The van der Waals surface area contributed by atoms with Crippen molar-refractivity contribution in [3.63, 3.8) is 0 Å². The Morgan fingerprint density at radius 2 is 1.95 bits per heavy atom. The monoisotopic (exact) mass is 544 g/mol. The van der Waals surface area contributed by atoms with Crippen LogP contribution in [0.2, 0.25) is 5.02 Å². The van der Waals surface area contributed by atoms with Crippen molar-refractivity contribution in [1.29, 1.82) is 0 Å². The Balaban J connectivity index is 1.19. The predicted octanol–water partition coefficient (Wildman–Crippen LogP) is 7.25. The number of carboxylic acid groups (broad SMARTS) is 1. The number of carboxylic acids is 1. The summed E-state index contributed by atoms with van der Waals surface area (Å²) in [5.74, 6) is 1.08. The van der Waals surface area contributed by atoms with Crippen molar-refractivity contribution >= 4 is 23.3 Å². The number of carbonyl (C=O) groups is 1. The summed E-state index contributed by atoms with van der Waals surface area (Å²) in [6.45, 7) is 2.98. The maximum Gasteiger partial charge on any atom is 0.329 e. The Labute approximate surface area is 236 Å². The van der Waals surface area contributed by atoms with E-state index in [0.717, 1.165) is 56.4 Å². The van der Waals surface area contributed by atoms with E-state index in [-0.39, 0.29) is 5.41 Å². The highest BCUT2D eigenvalue weighted by Crippen LogP contribution is 2.56. The van der Waals surface area contributed by atoms with Gasteiger partial charge in [0, 0.05) is 28.2 Å². The number of nitrogens with one attached hydrogen (secondary N) is 1. The zero-order valence-corrected chi connectivity index (χ0v) is 23.3. The number of fused-ring (bicyclic) bond motifs is 3. The zero-order chi connectivity index (χ0) is 27.0. The number of anilines is 1. The van der Waals surface area contributed by atoms with Crippen molar-refractivity contribution in [3.8, 4) is 5.75 Å². The molecule has 1 heterocycles. The van der Waals surface area contributed by atoms with Gasteiger partial charge in [0.25, 0.3) is 0 Å². The molecule has 3 aliphatic carbocycles. The van der Waals surface area contributed by atoms with Gasteiger partial charge in [-0.25, -0.2) is 4.79 Å². The number of hydrogen-bond donors (Lipinski definition) is 2. The lowest BCUT2D eigenvalue weighted by molar-refractivity contribution is -0.144. The molecule has 2 N–H and O–H groups in total. The minimum atomic E-state index is -0.992. The molecule has 0 unspecified atom stereocenters. The number of nitrogens with zero attached hydrogens (tertiary/aromatic N) is 1. The van der Waals surface area contributed by atoms with Gasteiger partial charge in [0.1, 0.15) is 11.3 Å². The minimum Gasteiger partial charge on any atom is -0.493 e. The molecule has 2 aromatic carbocycles. The fourth-order valence-electron chi connectivity index (χ4n) is 7.56. The highest BCUT2D eigenvalue weighted by Gasteiger charge is 2.54. The molecule has 39 heavy (non-hydrogen) atoms. The number of rotatable bonds is 8. The van der Waals surface area contributed by atoms with E-state index in [4.69, 9.17) is 16.3 Å². The molecule has 204 valence electrons. The predicted molar refractivity (Wildman–Crippen MR) is 155 cm³/mol. The van der Waals surface area contributed by atoms with Crippen LogP contribution in [0, 0.1) is 11.8 Å². The van der Waals surface area contributed by atoms with Crippen molar-refractivity contribution in [1.82, 2.24) is 4.98 Å². The van der Waals surface area contributed by atoms with Gasteiger partial charge in [-0.3, -0.25) is 4.98 Å². The Bertz CT molecular complexity index is 1360. The Kier molecular flexibility index (Phi) is 7.05. The van der Waals surface area contributed by atoms with E-state index in [1.807, 2.05) is 36.5 Å². The number of aryl methyl sites for hydroxylation is 1.